The number of carbonyl (C=O) groups is 1. The van der Waals surface area contributed by atoms with Crippen molar-refractivity contribution in [2.45, 2.75) is 40.7 Å². The van der Waals surface area contributed by atoms with Gasteiger partial charge in [-0.3, -0.25) is 4.79 Å². The lowest BCUT2D eigenvalue weighted by Gasteiger charge is -2.31. The molecule has 1 atom stereocenters. The van der Waals surface area contributed by atoms with Gasteiger partial charge in [-0.15, -0.1) is 0 Å². The van der Waals surface area contributed by atoms with Gasteiger partial charge in [0, 0.05) is 13.1 Å². The minimum absolute atomic E-state index is 0.00741. The van der Waals surface area contributed by atoms with Crippen molar-refractivity contribution in [1.82, 2.24) is 4.90 Å². The first-order valence-electron chi connectivity index (χ1n) is 5.39. The first-order valence-corrected chi connectivity index (χ1v) is 5.39. The fourth-order valence-corrected chi connectivity index (χ4v) is 1.24. The molecule has 0 aliphatic rings. The zero-order valence-corrected chi connectivity index (χ0v) is 10.6. The van der Waals surface area contributed by atoms with E-state index in [1.165, 1.54) is 0 Å². The second-order valence-electron chi connectivity index (χ2n) is 5.15. The van der Waals surface area contributed by atoms with Gasteiger partial charge < -0.3 is 10.6 Å². The summed E-state index contributed by atoms with van der Waals surface area (Å²) in [6.07, 6.45) is 0. The highest BCUT2D eigenvalue weighted by Crippen LogP contribution is 2.19. The third kappa shape index (κ3) is 4.47. The van der Waals surface area contributed by atoms with Crippen LogP contribution in [0.1, 0.15) is 34.6 Å². The Labute approximate surface area is 93.3 Å². The number of hydrogen-bond acceptors (Lipinski definition) is 2. The normalized spacial score (nSPS) is 13.5. The Bertz CT molecular complexity index is 240. The van der Waals surface area contributed by atoms with E-state index in [0.717, 1.165) is 5.57 Å². The third-order valence-electron chi connectivity index (χ3n) is 2.35. The average Bonchev–Trinajstić information content (AvgIpc) is 2.10. The highest BCUT2D eigenvalue weighted by Gasteiger charge is 2.30. The van der Waals surface area contributed by atoms with Crippen molar-refractivity contribution in [2.75, 3.05) is 13.1 Å². The largest absolute Gasteiger partial charge is 0.338 e. The molecular weight excluding hydrogens is 188 g/mol. The van der Waals surface area contributed by atoms with Gasteiger partial charge in [-0.05, 0) is 19.3 Å². The molecule has 0 aromatic carbocycles. The molecule has 0 spiro atoms. The Morgan fingerprint density at radius 1 is 1.47 bits per heavy atom. The SMILES string of the molecule is C=C(C)CN(CC)C(=O)C(N)C(C)(C)C. The molecule has 0 aliphatic carbocycles. The highest BCUT2D eigenvalue weighted by atomic mass is 16.2. The van der Waals surface area contributed by atoms with Crippen molar-refractivity contribution in [3.05, 3.63) is 12.2 Å². The van der Waals surface area contributed by atoms with Crippen LogP contribution in [-0.2, 0) is 4.79 Å². The van der Waals surface area contributed by atoms with Crippen molar-refractivity contribution in [1.29, 1.82) is 0 Å². The third-order valence-corrected chi connectivity index (χ3v) is 2.35. The highest BCUT2D eigenvalue weighted by molar-refractivity contribution is 5.82. The van der Waals surface area contributed by atoms with Crippen molar-refractivity contribution in [2.24, 2.45) is 11.1 Å². The summed E-state index contributed by atoms with van der Waals surface area (Å²) >= 11 is 0. The van der Waals surface area contributed by atoms with Crippen molar-refractivity contribution in [3.8, 4) is 0 Å². The molecule has 0 fully saturated rings. The molecule has 0 saturated heterocycles. The number of amides is 1. The van der Waals surface area contributed by atoms with Crippen LogP contribution in [-0.4, -0.2) is 29.9 Å². The Morgan fingerprint density at radius 3 is 2.20 bits per heavy atom. The second-order valence-corrected chi connectivity index (χ2v) is 5.15. The lowest BCUT2D eigenvalue weighted by molar-refractivity contribution is -0.134. The van der Waals surface area contributed by atoms with E-state index in [0.29, 0.717) is 13.1 Å². The van der Waals surface area contributed by atoms with Crippen LogP contribution >= 0.6 is 0 Å². The molecule has 2 N–H and O–H groups in total. The fraction of sp³-hybridized carbons (Fsp3) is 0.750. The van der Waals surface area contributed by atoms with Gasteiger partial charge in [0.2, 0.25) is 5.91 Å². The van der Waals surface area contributed by atoms with Gasteiger partial charge in [-0.25, -0.2) is 0 Å². The number of rotatable bonds is 4. The molecular formula is C12H24N2O. The fourth-order valence-electron chi connectivity index (χ4n) is 1.24. The topological polar surface area (TPSA) is 46.3 Å². The molecule has 0 aromatic heterocycles. The molecule has 15 heavy (non-hydrogen) atoms. The molecule has 0 aliphatic heterocycles. The maximum absolute atomic E-state index is 12.0. The summed E-state index contributed by atoms with van der Waals surface area (Å²) in [7, 11) is 0. The van der Waals surface area contributed by atoms with E-state index >= 15 is 0 Å². The summed E-state index contributed by atoms with van der Waals surface area (Å²) in [5, 5.41) is 0. The number of nitrogens with zero attached hydrogens (tertiary/aromatic N) is 1. The van der Waals surface area contributed by atoms with E-state index in [-0.39, 0.29) is 11.3 Å². The minimum atomic E-state index is -0.447. The summed E-state index contributed by atoms with van der Waals surface area (Å²) in [5.41, 5.74) is 6.71. The molecule has 0 heterocycles. The monoisotopic (exact) mass is 212 g/mol. The molecule has 3 heteroatoms. The Balaban J connectivity index is 4.59. The van der Waals surface area contributed by atoms with Crippen molar-refractivity contribution in [3.63, 3.8) is 0 Å². The smallest absolute Gasteiger partial charge is 0.240 e. The quantitative estimate of drug-likeness (QED) is 0.722. The van der Waals surface area contributed by atoms with E-state index in [4.69, 9.17) is 5.73 Å². The second kappa shape index (κ2) is 5.31. The van der Waals surface area contributed by atoms with Gasteiger partial charge >= 0.3 is 0 Å². The van der Waals surface area contributed by atoms with E-state index in [1.807, 2.05) is 34.6 Å². The molecule has 88 valence electrons. The number of carbonyl (C=O) groups excluding carboxylic acids is 1. The lowest BCUT2D eigenvalue weighted by Crippen LogP contribution is -2.50. The van der Waals surface area contributed by atoms with E-state index in [9.17, 15) is 4.79 Å². The maximum atomic E-state index is 12.0. The summed E-state index contributed by atoms with van der Waals surface area (Å²) in [6, 6.07) is -0.447. The summed E-state index contributed by atoms with van der Waals surface area (Å²) < 4.78 is 0. The number of nitrogens with two attached hydrogens (primary N) is 1. The first kappa shape index (κ1) is 14.2. The molecule has 1 amide bonds. The zero-order valence-electron chi connectivity index (χ0n) is 10.6. The number of likely N-dealkylation sites (N-methyl/N-ethyl adjacent to an activating group) is 1. The van der Waals surface area contributed by atoms with Gasteiger partial charge in [0.05, 0.1) is 6.04 Å². The summed E-state index contributed by atoms with van der Waals surface area (Å²) in [5.74, 6) is 0.00741. The predicted molar refractivity (Wildman–Crippen MR) is 64.5 cm³/mol. The minimum Gasteiger partial charge on any atom is -0.338 e. The summed E-state index contributed by atoms with van der Waals surface area (Å²) in [6.45, 7) is 14.9. The lowest BCUT2D eigenvalue weighted by atomic mass is 9.86. The summed E-state index contributed by atoms with van der Waals surface area (Å²) in [4.78, 5) is 13.8. The van der Waals surface area contributed by atoms with E-state index in [1.54, 1.807) is 4.90 Å². The van der Waals surface area contributed by atoms with Crippen LogP contribution in [0.4, 0.5) is 0 Å². The average molecular weight is 212 g/mol. The maximum Gasteiger partial charge on any atom is 0.240 e. The first-order chi connectivity index (χ1) is 6.70. The standard InChI is InChI=1S/C12H24N2O/c1-7-14(8-9(2)3)11(15)10(13)12(4,5)6/h10H,2,7-8,13H2,1,3-6H3. The van der Waals surface area contributed by atoms with Gasteiger partial charge in [-0.2, -0.15) is 0 Å². The van der Waals surface area contributed by atoms with Gasteiger partial charge in [0.15, 0.2) is 0 Å². The van der Waals surface area contributed by atoms with Gasteiger partial charge in [0.25, 0.3) is 0 Å². The predicted octanol–water partition coefficient (Wildman–Crippen LogP) is 1.78. The van der Waals surface area contributed by atoms with Crippen LogP contribution in [0.25, 0.3) is 0 Å². The molecule has 0 saturated carbocycles. The van der Waals surface area contributed by atoms with Crippen LogP contribution in [0.15, 0.2) is 12.2 Å². The van der Waals surface area contributed by atoms with Crippen LogP contribution < -0.4 is 5.73 Å². The molecule has 0 aromatic rings. The van der Waals surface area contributed by atoms with Crippen LogP contribution in [0, 0.1) is 5.41 Å². The van der Waals surface area contributed by atoms with Crippen LogP contribution in [0.5, 0.6) is 0 Å². The zero-order chi connectivity index (χ0) is 12.2. The molecule has 3 nitrogen and oxygen atoms in total. The van der Waals surface area contributed by atoms with Crippen LogP contribution in [0.3, 0.4) is 0 Å². The Kier molecular flexibility index (Phi) is 5.01. The molecule has 0 rings (SSSR count). The van der Waals surface area contributed by atoms with Crippen molar-refractivity contribution < 1.29 is 4.79 Å². The van der Waals surface area contributed by atoms with Gasteiger partial charge in [-0.1, -0.05) is 32.9 Å². The molecule has 0 radical (unpaired) electrons. The molecule has 0 bridgehead atoms. The Hall–Kier alpha value is -0.830. The number of hydrogen-bond donors (Lipinski definition) is 1. The van der Waals surface area contributed by atoms with Gasteiger partial charge in [0.1, 0.15) is 0 Å². The molecule has 1 unspecified atom stereocenters. The van der Waals surface area contributed by atoms with Crippen molar-refractivity contribution >= 4 is 5.91 Å². The van der Waals surface area contributed by atoms with Crippen LogP contribution in [0.2, 0.25) is 0 Å². The van der Waals surface area contributed by atoms with E-state index < -0.39 is 6.04 Å². The Morgan fingerprint density at radius 2 is 1.93 bits per heavy atom. The van der Waals surface area contributed by atoms with E-state index in [2.05, 4.69) is 6.58 Å².